The lowest BCUT2D eigenvalue weighted by Crippen LogP contribution is -2.37. The molecule has 2 atom stereocenters. The van der Waals surface area contributed by atoms with Gasteiger partial charge in [0.25, 0.3) is 0 Å². The Morgan fingerprint density at radius 2 is 2.60 bits per heavy atom. The maximum absolute atomic E-state index is 5.33. The second-order valence-corrected chi connectivity index (χ2v) is 2.23. The van der Waals surface area contributed by atoms with Crippen LogP contribution in [0.4, 0.5) is 0 Å². The van der Waals surface area contributed by atoms with Gasteiger partial charge >= 0.3 is 6.17 Å². The van der Waals surface area contributed by atoms with E-state index in [1.807, 2.05) is 12.2 Å². The third-order valence-electron chi connectivity index (χ3n) is 1.54. The fourth-order valence-electron chi connectivity index (χ4n) is 1.05. The fraction of sp³-hybridized carbons (Fsp3) is 0.429. The first-order valence-corrected chi connectivity index (χ1v) is 3.30. The molecule has 0 N–H and O–H groups in total. The molecule has 10 heavy (non-hydrogen) atoms. The van der Waals surface area contributed by atoms with Crippen LogP contribution >= 0.6 is 0 Å². The van der Waals surface area contributed by atoms with Gasteiger partial charge in [0.05, 0.1) is 0 Å². The molecule has 0 aromatic rings. The lowest BCUT2D eigenvalue weighted by atomic mass is 10.2. The highest BCUT2D eigenvalue weighted by Crippen LogP contribution is 2.07. The molecule has 2 rings (SSSR count). The first-order valence-electron chi connectivity index (χ1n) is 3.30. The topological polar surface area (TPSA) is 35.7 Å². The Morgan fingerprint density at radius 3 is 3.50 bits per heavy atom. The molecule has 0 amide bonds. The number of aliphatic imine (C=N–C) groups is 2. The van der Waals surface area contributed by atoms with Crippen LogP contribution in [0.1, 0.15) is 0 Å². The maximum Gasteiger partial charge on any atom is 0.339 e. The van der Waals surface area contributed by atoms with Crippen LogP contribution in [0.2, 0.25) is 0 Å². The van der Waals surface area contributed by atoms with Gasteiger partial charge in [0, 0.05) is 11.2 Å². The molecule has 0 aromatic heterocycles. The van der Waals surface area contributed by atoms with Crippen molar-refractivity contribution in [1.29, 1.82) is 0 Å². The largest absolute Gasteiger partial charge is 0.354 e. The quantitative estimate of drug-likeness (QED) is 0.452. The van der Waals surface area contributed by atoms with Crippen LogP contribution in [0.25, 0.3) is 0 Å². The van der Waals surface area contributed by atoms with Crippen LogP contribution in [0.5, 0.6) is 0 Å². The van der Waals surface area contributed by atoms with E-state index in [-0.39, 0.29) is 12.3 Å². The summed E-state index contributed by atoms with van der Waals surface area (Å²) in [7, 11) is 0. The average Bonchev–Trinajstić information content (AvgIpc) is 2.05. The number of ether oxygens (including phenoxy) is 1. The minimum absolute atomic E-state index is 0.0150. The van der Waals surface area contributed by atoms with E-state index in [4.69, 9.17) is 4.74 Å². The van der Waals surface area contributed by atoms with Gasteiger partial charge in [0.2, 0.25) is 6.21 Å². The molecular weight excluding hydrogens is 128 g/mol. The monoisotopic (exact) mass is 136 g/mol. The molecule has 0 saturated carbocycles. The van der Waals surface area contributed by atoms with Gasteiger partial charge in [-0.05, 0) is 12.2 Å². The lowest BCUT2D eigenvalue weighted by molar-refractivity contribution is 0.0840. The fourth-order valence-corrected chi connectivity index (χ4v) is 1.05. The van der Waals surface area contributed by atoms with Crippen molar-refractivity contribution < 1.29 is 4.74 Å². The molecule has 0 aromatic carbocycles. The molecule has 2 unspecified atom stereocenters. The highest BCUT2D eigenvalue weighted by molar-refractivity contribution is 5.73. The summed E-state index contributed by atoms with van der Waals surface area (Å²) in [5, 5.41) is 0. The standard InChI is InChI=1S/C7H8N2O/c1-2-6-7(8-3-1)9-4-5-10-6/h1-4,6-7H,5H2/q+1. The number of hydrogen-bond donors (Lipinski definition) is 0. The van der Waals surface area contributed by atoms with E-state index < -0.39 is 0 Å². The van der Waals surface area contributed by atoms with Crippen molar-refractivity contribution in [2.24, 2.45) is 4.99 Å². The minimum atomic E-state index is -0.0150. The summed E-state index contributed by atoms with van der Waals surface area (Å²) in [5.41, 5.74) is 0. The zero-order chi connectivity index (χ0) is 6.81. The first kappa shape index (κ1) is 5.80. The van der Waals surface area contributed by atoms with Gasteiger partial charge in [-0.3, -0.25) is 0 Å². The summed E-state index contributed by atoms with van der Waals surface area (Å²) in [5.74, 6) is 0. The second kappa shape index (κ2) is 2.34. The Balaban J connectivity index is 2.21. The smallest absolute Gasteiger partial charge is 0.339 e. The van der Waals surface area contributed by atoms with E-state index in [1.54, 1.807) is 12.4 Å². The van der Waals surface area contributed by atoms with Crippen molar-refractivity contribution in [3.8, 4) is 0 Å². The predicted molar refractivity (Wildman–Crippen MR) is 39.4 cm³/mol. The minimum Gasteiger partial charge on any atom is -0.354 e. The Labute approximate surface area is 59.1 Å². The molecule has 0 saturated heterocycles. The highest BCUT2D eigenvalue weighted by Gasteiger charge is 2.31. The molecule has 1 radical (unpaired) electrons. The van der Waals surface area contributed by atoms with Gasteiger partial charge in [-0.25, -0.2) is 4.99 Å². The van der Waals surface area contributed by atoms with E-state index in [9.17, 15) is 0 Å². The van der Waals surface area contributed by atoms with Gasteiger partial charge in [-0.2, -0.15) is 0 Å². The first-order chi connectivity index (χ1) is 4.97. The third kappa shape index (κ3) is 0.885. The maximum atomic E-state index is 5.33. The number of fused-ring (bicyclic) bond motifs is 1. The van der Waals surface area contributed by atoms with Gasteiger partial charge in [-0.1, -0.05) is 0 Å². The molecule has 3 heteroatoms. The number of allylic oxidation sites excluding steroid dienone is 1. The van der Waals surface area contributed by atoms with Crippen molar-refractivity contribution in [3.63, 3.8) is 0 Å². The van der Waals surface area contributed by atoms with Gasteiger partial charge in [0.1, 0.15) is 6.61 Å². The number of hydrogen-bond acceptors (Lipinski definition) is 3. The van der Waals surface area contributed by atoms with Crippen LogP contribution < -0.4 is 4.99 Å². The molecule has 0 fully saturated rings. The molecular formula is C7H8N2O+. The van der Waals surface area contributed by atoms with Crippen molar-refractivity contribution in [1.82, 2.24) is 4.99 Å². The van der Waals surface area contributed by atoms with E-state index >= 15 is 0 Å². The van der Waals surface area contributed by atoms with Crippen LogP contribution in [-0.2, 0) is 4.74 Å². The molecule has 2 aliphatic heterocycles. The van der Waals surface area contributed by atoms with Crippen molar-refractivity contribution in [3.05, 3.63) is 12.2 Å². The van der Waals surface area contributed by atoms with Crippen LogP contribution in [0.3, 0.4) is 0 Å². The van der Waals surface area contributed by atoms with E-state index in [0.717, 1.165) is 0 Å². The zero-order valence-corrected chi connectivity index (χ0v) is 5.47. The molecule has 2 heterocycles. The molecule has 0 aliphatic carbocycles. The van der Waals surface area contributed by atoms with Crippen molar-refractivity contribution in [2.75, 3.05) is 6.61 Å². The summed E-state index contributed by atoms with van der Waals surface area (Å²) in [6.07, 6.45) is 7.45. The van der Waals surface area contributed by atoms with Crippen LogP contribution in [-0.4, -0.2) is 31.3 Å². The SMILES string of the molecule is C1=CC2OCC=[N+]C2N=C1. The summed E-state index contributed by atoms with van der Waals surface area (Å²) < 4.78 is 5.33. The zero-order valence-electron chi connectivity index (χ0n) is 5.47. The lowest BCUT2D eigenvalue weighted by Gasteiger charge is -2.14. The summed E-state index contributed by atoms with van der Waals surface area (Å²) >= 11 is 0. The third-order valence-corrected chi connectivity index (χ3v) is 1.54. The van der Waals surface area contributed by atoms with Gasteiger partial charge in [0.15, 0.2) is 6.10 Å². The highest BCUT2D eigenvalue weighted by atomic mass is 16.5. The average molecular weight is 136 g/mol. The van der Waals surface area contributed by atoms with Crippen LogP contribution in [0, 0.1) is 0 Å². The van der Waals surface area contributed by atoms with E-state index in [2.05, 4.69) is 9.98 Å². The summed E-state index contributed by atoms with van der Waals surface area (Å²) in [4.78, 5) is 8.27. The molecule has 0 spiro atoms. The Morgan fingerprint density at radius 1 is 1.60 bits per heavy atom. The second-order valence-electron chi connectivity index (χ2n) is 2.23. The van der Waals surface area contributed by atoms with E-state index in [1.165, 1.54) is 0 Å². The molecule has 2 aliphatic rings. The Bertz CT molecular complexity index is 208. The van der Waals surface area contributed by atoms with Gasteiger partial charge in [-0.15, -0.1) is 0 Å². The van der Waals surface area contributed by atoms with Crippen LogP contribution in [0.15, 0.2) is 17.1 Å². The number of rotatable bonds is 0. The molecule has 3 nitrogen and oxygen atoms in total. The number of nitrogens with zero attached hydrogens (tertiary/aromatic N) is 2. The number of dihydropyridines is 1. The summed E-state index contributed by atoms with van der Waals surface area (Å²) in [6.45, 7) is 0.612. The Kier molecular flexibility index (Phi) is 1.36. The molecule has 51 valence electrons. The van der Waals surface area contributed by atoms with E-state index in [0.29, 0.717) is 6.61 Å². The molecule has 0 bridgehead atoms. The van der Waals surface area contributed by atoms with Crippen molar-refractivity contribution in [2.45, 2.75) is 12.3 Å². The predicted octanol–water partition coefficient (Wildman–Crippen LogP) is -0.242. The Hall–Kier alpha value is -0.960. The normalized spacial score (nSPS) is 36.0. The van der Waals surface area contributed by atoms with Crippen molar-refractivity contribution >= 4 is 12.4 Å². The van der Waals surface area contributed by atoms with Gasteiger partial charge < -0.3 is 4.74 Å². The summed E-state index contributed by atoms with van der Waals surface area (Å²) in [6, 6.07) is 0.